The van der Waals surface area contributed by atoms with Gasteiger partial charge in [-0.2, -0.15) is 17.5 Å². The van der Waals surface area contributed by atoms with Crippen LogP contribution in [-0.4, -0.2) is 65.5 Å². The smallest absolute Gasteiger partial charge is 0.444 e. The zero-order valence-electron chi connectivity index (χ0n) is 15.9. The highest BCUT2D eigenvalue weighted by atomic mass is 32.2. The number of likely N-dealkylation sites (tertiary alicyclic amines) is 1. The topological polar surface area (TPSA) is 92.7 Å². The first-order valence-electron chi connectivity index (χ1n) is 8.52. The Labute approximate surface area is 160 Å². The average molecular weight is 422 g/mol. The zero-order valence-corrected chi connectivity index (χ0v) is 16.7. The van der Waals surface area contributed by atoms with Gasteiger partial charge in [-0.1, -0.05) is 0 Å². The first-order valence-corrected chi connectivity index (χ1v) is 9.96. The molecule has 12 heteroatoms. The molecule has 0 saturated carbocycles. The maximum atomic E-state index is 12.7. The maximum absolute atomic E-state index is 12.7. The Bertz CT molecular complexity index is 897. The second-order valence-corrected chi connectivity index (χ2v) is 10.2. The van der Waals surface area contributed by atoms with Crippen molar-refractivity contribution >= 4 is 16.1 Å². The molecule has 2 aliphatic rings. The number of carbonyl (C=O) groups is 1. The van der Waals surface area contributed by atoms with Crippen molar-refractivity contribution < 1.29 is 31.1 Å². The molecule has 3 rings (SSSR count). The van der Waals surface area contributed by atoms with Gasteiger partial charge < -0.3 is 9.64 Å². The Morgan fingerprint density at radius 2 is 1.75 bits per heavy atom. The molecule has 0 atom stereocenters. The van der Waals surface area contributed by atoms with Crippen LogP contribution in [-0.2, 0) is 20.9 Å². The van der Waals surface area contributed by atoms with Crippen LogP contribution in [0.4, 0.5) is 18.0 Å². The lowest BCUT2D eigenvalue weighted by Gasteiger charge is -2.58. The highest BCUT2D eigenvalue weighted by molar-refractivity contribution is 7.89. The Balaban J connectivity index is 1.64. The van der Waals surface area contributed by atoms with E-state index < -0.39 is 33.7 Å². The van der Waals surface area contributed by atoms with Gasteiger partial charge in [0.15, 0.2) is 0 Å². The molecular formula is C16H21F3N4O4S. The molecule has 0 N–H and O–H groups in total. The molecule has 2 fully saturated rings. The molecule has 0 radical (unpaired) electrons. The van der Waals surface area contributed by atoms with E-state index in [1.54, 1.807) is 20.8 Å². The van der Waals surface area contributed by atoms with Crippen molar-refractivity contribution in [1.29, 1.82) is 0 Å². The molecule has 8 nitrogen and oxygen atoms in total. The fourth-order valence-corrected chi connectivity index (χ4v) is 5.05. The SMILES string of the molecule is Cc1nc(C(F)(F)F)ncc1S(=O)(=O)N1CC2(CN(C(=O)OC(C)(C)C)C2)C1. The van der Waals surface area contributed by atoms with Crippen molar-refractivity contribution in [1.82, 2.24) is 19.2 Å². The third-order valence-electron chi connectivity index (χ3n) is 4.53. The summed E-state index contributed by atoms with van der Waals surface area (Å²) in [6, 6.07) is 0. The number of aryl methyl sites for hydroxylation is 1. The van der Waals surface area contributed by atoms with Crippen molar-refractivity contribution in [2.24, 2.45) is 5.41 Å². The molecule has 28 heavy (non-hydrogen) atoms. The molecule has 1 amide bonds. The number of nitrogens with zero attached hydrogens (tertiary/aromatic N) is 4. The van der Waals surface area contributed by atoms with Crippen molar-refractivity contribution in [3.63, 3.8) is 0 Å². The Hall–Kier alpha value is -1.95. The normalized spacial score (nSPS) is 19.9. The van der Waals surface area contributed by atoms with E-state index in [-0.39, 0.29) is 29.1 Å². The number of hydrogen-bond donors (Lipinski definition) is 0. The molecule has 2 aliphatic heterocycles. The lowest BCUT2D eigenvalue weighted by molar-refractivity contribution is -0.145. The lowest BCUT2D eigenvalue weighted by atomic mass is 9.75. The van der Waals surface area contributed by atoms with E-state index in [4.69, 9.17) is 4.74 Å². The van der Waals surface area contributed by atoms with Crippen LogP contribution >= 0.6 is 0 Å². The van der Waals surface area contributed by atoms with Crippen molar-refractivity contribution in [3.8, 4) is 0 Å². The summed E-state index contributed by atoms with van der Waals surface area (Å²) in [7, 11) is -4.00. The van der Waals surface area contributed by atoms with Gasteiger partial charge in [-0.3, -0.25) is 0 Å². The Kier molecular flexibility index (Phi) is 4.66. The summed E-state index contributed by atoms with van der Waals surface area (Å²) in [6.45, 7) is 7.57. The van der Waals surface area contributed by atoms with Crippen LogP contribution in [0.15, 0.2) is 11.1 Å². The first-order chi connectivity index (χ1) is 12.6. The molecule has 0 unspecified atom stereocenters. The molecule has 1 spiro atoms. The Morgan fingerprint density at radius 1 is 1.18 bits per heavy atom. The number of rotatable bonds is 2. The molecular weight excluding hydrogens is 401 g/mol. The monoisotopic (exact) mass is 422 g/mol. The minimum atomic E-state index is -4.75. The summed E-state index contributed by atoms with van der Waals surface area (Å²) in [5.41, 5.74) is -1.22. The summed E-state index contributed by atoms with van der Waals surface area (Å²) in [6.07, 6.45) is -4.50. The number of halogens is 3. The second kappa shape index (κ2) is 6.28. The van der Waals surface area contributed by atoms with Crippen LogP contribution < -0.4 is 0 Å². The largest absolute Gasteiger partial charge is 0.451 e. The molecule has 1 aromatic rings. The van der Waals surface area contributed by atoms with Crippen LogP contribution in [0.1, 0.15) is 32.3 Å². The minimum Gasteiger partial charge on any atom is -0.444 e. The first kappa shape index (κ1) is 20.8. The predicted octanol–water partition coefficient (Wildman–Crippen LogP) is 2.05. The maximum Gasteiger partial charge on any atom is 0.451 e. The number of alkyl halides is 3. The van der Waals surface area contributed by atoms with Gasteiger partial charge in [0.2, 0.25) is 15.8 Å². The number of carbonyl (C=O) groups excluding carboxylic acids is 1. The molecule has 0 bridgehead atoms. The lowest BCUT2D eigenvalue weighted by Crippen LogP contribution is -2.73. The van der Waals surface area contributed by atoms with Crippen LogP contribution in [0, 0.1) is 12.3 Å². The van der Waals surface area contributed by atoms with E-state index in [0.717, 1.165) is 0 Å². The number of hydrogen-bond acceptors (Lipinski definition) is 6. The average Bonchev–Trinajstić information content (AvgIpc) is 2.40. The van der Waals surface area contributed by atoms with E-state index >= 15 is 0 Å². The van der Waals surface area contributed by atoms with Crippen LogP contribution in [0.3, 0.4) is 0 Å². The third kappa shape index (κ3) is 3.79. The molecule has 156 valence electrons. The van der Waals surface area contributed by atoms with Gasteiger partial charge in [0, 0.05) is 31.6 Å². The number of aromatic nitrogens is 2. The Morgan fingerprint density at radius 3 is 2.21 bits per heavy atom. The van der Waals surface area contributed by atoms with Crippen LogP contribution in [0.25, 0.3) is 0 Å². The van der Waals surface area contributed by atoms with Gasteiger partial charge in [-0.25, -0.2) is 23.2 Å². The zero-order chi connectivity index (χ0) is 21.1. The summed E-state index contributed by atoms with van der Waals surface area (Å²) in [5.74, 6) is -1.38. The van der Waals surface area contributed by atoms with Gasteiger partial charge in [0.25, 0.3) is 0 Å². The predicted molar refractivity (Wildman–Crippen MR) is 90.8 cm³/mol. The third-order valence-corrected chi connectivity index (χ3v) is 6.43. The molecule has 3 heterocycles. The molecule has 0 aliphatic carbocycles. The quantitative estimate of drug-likeness (QED) is 0.724. The van der Waals surface area contributed by atoms with E-state index in [9.17, 15) is 26.4 Å². The summed E-state index contributed by atoms with van der Waals surface area (Å²) < 4.78 is 69.8. The van der Waals surface area contributed by atoms with Crippen molar-refractivity contribution in [3.05, 3.63) is 17.7 Å². The van der Waals surface area contributed by atoms with Crippen LogP contribution in [0.2, 0.25) is 0 Å². The summed E-state index contributed by atoms with van der Waals surface area (Å²) >= 11 is 0. The molecule has 1 aromatic heterocycles. The summed E-state index contributed by atoms with van der Waals surface area (Å²) in [4.78, 5) is 19.6. The van der Waals surface area contributed by atoms with E-state index in [1.165, 1.54) is 16.1 Å². The standard InChI is InChI=1S/C16H21F3N4O4S/c1-10-11(5-20-12(21-10)16(17,18)19)28(25,26)23-8-15(9-23)6-22(7-15)13(24)27-14(2,3)4/h5H,6-9H2,1-4H3. The number of amides is 1. The van der Waals surface area contributed by atoms with E-state index in [1.807, 2.05) is 0 Å². The van der Waals surface area contributed by atoms with Crippen LogP contribution in [0.5, 0.6) is 0 Å². The highest BCUT2D eigenvalue weighted by Crippen LogP contribution is 2.43. The number of ether oxygens (including phenoxy) is 1. The van der Waals surface area contributed by atoms with E-state index in [0.29, 0.717) is 19.3 Å². The van der Waals surface area contributed by atoms with Crippen molar-refractivity contribution in [2.45, 2.75) is 44.4 Å². The van der Waals surface area contributed by atoms with Gasteiger partial charge in [-0.15, -0.1) is 0 Å². The highest BCUT2D eigenvalue weighted by Gasteiger charge is 2.57. The molecule has 0 aromatic carbocycles. The van der Waals surface area contributed by atoms with Gasteiger partial charge in [0.1, 0.15) is 10.5 Å². The van der Waals surface area contributed by atoms with Gasteiger partial charge in [-0.05, 0) is 27.7 Å². The fraction of sp³-hybridized carbons (Fsp3) is 0.688. The second-order valence-electron chi connectivity index (χ2n) is 8.25. The van der Waals surface area contributed by atoms with E-state index in [2.05, 4.69) is 9.97 Å². The fourth-order valence-electron chi connectivity index (χ4n) is 3.28. The minimum absolute atomic E-state index is 0.176. The van der Waals surface area contributed by atoms with Gasteiger partial charge >= 0.3 is 12.3 Å². The summed E-state index contributed by atoms with van der Waals surface area (Å²) in [5, 5.41) is 0. The van der Waals surface area contributed by atoms with Crippen molar-refractivity contribution in [2.75, 3.05) is 26.2 Å². The number of sulfonamides is 1. The van der Waals surface area contributed by atoms with Gasteiger partial charge in [0.05, 0.1) is 11.9 Å². The molecule has 2 saturated heterocycles.